The molecule has 1 N–H and O–H groups in total. The molecular weight excluding hydrogens is 557 g/mol. The molecule has 0 amide bonds. The number of piperazine rings is 1. The van der Waals surface area contributed by atoms with Gasteiger partial charge in [-0.1, -0.05) is 17.7 Å². The van der Waals surface area contributed by atoms with Gasteiger partial charge in [-0.3, -0.25) is 4.90 Å². The van der Waals surface area contributed by atoms with Crippen LogP contribution < -0.4 is 5.32 Å². The number of rotatable bonds is 7. The van der Waals surface area contributed by atoms with E-state index in [9.17, 15) is 18.1 Å². The van der Waals surface area contributed by atoms with E-state index >= 15 is 0 Å². The molecule has 0 unspecified atom stereocenters. The van der Waals surface area contributed by atoms with Gasteiger partial charge in [-0.15, -0.1) is 0 Å². The minimum atomic E-state index is -3.47. The number of anilines is 1. The highest BCUT2D eigenvalue weighted by Gasteiger charge is 2.33. The fraction of sp³-hybridized carbons (Fsp3) is 0.462. The van der Waals surface area contributed by atoms with Crippen molar-refractivity contribution in [3.05, 3.63) is 52.9 Å². The van der Waals surface area contributed by atoms with Crippen molar-refractivity contribution in [2.24, 2.45) is 0 Å². The van der Waals surface area contributed by atoms with Gasteiger partial charge in [-0.05, 0) is 31.2 Å². The van der Waals surface area contributed by atoms with Crippen LogP contribution in [0.1, 0.15) is 17.5 Å². The summed E-state index contributed by atoms with van der Waals surface area (Å²) in [5, 5.41) is 17.6. The summed E-state index contributed by atoms with van der Waals surface area (Å²) in [5.41, 5.74) is 2.97. The van der Waals surface area contributed by atoms with Crippen LogP contribution in [0.25, 0.3) is 16.9 Å². The largest absolute Gasteiger partial charge is 0.348 e. The quantitative estimate of drug-likeness (QED) is 0.444. The van der Waals surface area contributed by atoms with Gasteiger partial charge in [0.05, 0.1) is 46.7 Å². The number of piperidine rings is 1. The first-order valence-corrected chi connectivity index (χ1v) is 15.2. The van der Waals surface area contributed by atoms with Crippen molar-refractivity contribution in [2.75, 3.05) is 57.9 Å². The number of alkyl halides is 1. The molecule has 0 radical (unpaired) electrons. The molecule has 0 spiro atoms. The monoisotopic (exact) mass is 587 g/mol. The van der Waals surface area contributed by atoms with Crippen molar-refractivity contribution in [1.29, 1.82) is 5.26 Å². The lowest BCUT2D eigenvalue weighted by Crippen LogP contribution is -2.49. The Bertz CT molecular complexity index is 1520. The molecule has 2 fully saturated rings. The number of aromatic nitrogens is 4. The van der Waals surface area contributed by atoms with Crippen LogP contribution in [0, 0.1) is 11.3 Å². The summed E-state index contributed by atoms with van der Waals surface area (Å²) in [6, 6.07) is 7.34. The second kappa shape index (κ2) is 11.8. The highest BCUT2D eigenvalue weighted by atomic mass is 35.5. The molecule has 2 atom stereocenters. The van der Waals surface area contributed by atoms with E-state index in [0.29, 0.717) is 22.0 Å². The summed E-state index contributed by atoms with van der Waals surface area (Å²) in [4.78, 5) is 13.4. The number of sulfonamides is 1. The van der Waals surface area contributed by atoms with Crippen LogP contribution in [0.3, 0.4) is 0 Å². The number of likely N-dealkylation sites (N-methyl/N-ethyl adjacent to an activating group) is 1. The standard InChI is InChI=1S/C26H31ClFN9O2S/c1-34-7-9-35(10-8-34)15-18-3-4-24(21(27)11-18)37-16-20(14-31-37)25-19(12-29)13-30-26(33-25)32-23-5-6-36(17-22(23)28)40(2,38)39/h3-4,11,13-14,16,22-23H,5-10,15,17H2,1-2H3,(H,30,32,33)/t22-,23+/m1/s1. The van der Waals surface area contributed by atoms with E-state index in [1.807, 2.05) is 18.2 Å². The van der Waals surface area contributed by atoms with Gasteiger partial charge in [0.25, 0.3) is 0 Å². The molecule has 2 aliphatic rings. The summed E-state index contributed by atoms with van der Waals surface area (Å²) >= 11 is 6.65. The molecule has 0 aliphatic carbocycles. The van der Waals surface area contributed by atoms with Crippen LogP contribution >= 0.6 is 11.6 Å². The van der Waals surface area contributed by atoms with Crippen LogP contribution in [-0.4, -0.2) is 107 Å². The fourth-order valence-electron chi connectivity index (χ4n) is 4.94. The van der Waals surface area contributed by atoms with Crippen LogP contribution in [0.2, 0.25) is 5.02 Å². The van der Waals surface area contributed by atoms with Crippen molar-refractivity contribution in [1.82, 2.24) is 33.9 Å². The van der Waals surface area contributed by atoms with E-state index in [-0.39, 0.29) is 31.0 Å². The molecule has 2 aromatic heterocycles. The normalized spacial score (nSPS) is 21.3. The number of nitrogens with zero attached hydrogens (tertiary/aromatic N) is 8. The van der Waals surface area contributed by atoms with Gasteiger partial charge in [0, 0.05) is 57.6 Å². The molecule has 5 rings (SSSR count). The van der Waals surface area contributed by atoms with Crippen LogP contribution in [0.4, 0.5) is 10.3 Å². The van der Waals surface area contributed by atoms with Crippen LogP contribution in [0.15, 0.2) is 36.8 Å². The maximum atomic E-state index is 14.8. The second-order valence-electron chi connectivity index (χ2n) is 10.3. The predicted octanol–water partition coefficient (Wildman–Crippen LogP) is 2.39. The SMILES string of the molecule is CN1CCN(Cc2ccc(-n3cc(-c4nc(N[C@H]5CCN(S(C)(=O)=O)C[C@H]5F)ncc4C#N)cn3)c(Cl)c2)CC1. The van der Waals surface area contributed by atoms with Crippen molar-refractivity contribution in [3.8, 4) is 23.0 Å². The number of nitriles is 1. The van der Waals surface area contributed by atoms with Gasteiger partial charge in [0.1, 0.15) is 12.2 Å². The number of nitrogens with one attached hydrogen (secondary N) is 1. The van der Waals surface area contributed by atoms with Crippen molar-refractivity contribution in [2.45, 2.75) is 25.2 Å². The molecule has 0 bridgehead atoms. The van der Waals surface area contributed by atoms with E-state index in [1.165, 1.54) is 6.20 Å². The van der Waals surface area contributed by atoms with Gasteiger partial charge >= 0.3 is 0 Å². The van der Waals surface area contributed by atoms with E-state index < -0.39 is 22.2 Å². The number of hydrogen-bond donors (Lipinski definition) is 1. The summed E-state index contributed by atoms with van der Waals surface area (Å²) in [7, 11) is -1.34. The molecule has 14 heteroatoms. The minimum Gasteiger partial charge on any atom is -0.348 e. The minimum absolute atomic E-state index is 0.147. The zero-order chi connectivity index (χ0) is 28.4. The van der Waals surface area contributed by atoms with Gasteiger partial charge < -0.3 is 10.2 Å². The van der Waals surface area contributed by atoms with Crippen molar-refractivity contribution in [3.63, 3.8) is 0 Å². The lowest BCUT2D eigenvalue weighted by atomic mass is 10.1. The topological polar surface area (TPSA) is 123 Å². The first-order valence-electron chi connectivity index (χ1n) is 13.0. The third kappa shape index (κ3) is 6.42. The Morgan fingerprint density at radius 1 is 1.20 bits per heavy atom. The molecule has 0 saturated carbocycles. The Kier molecular flexibility index (Phi) is 8.34. The predicted molar refractivity (Wildman–Crippen MR) is 150 cm³/mol. The molecule has 2 aliphatic heterocycles. The third-order valence-corrected chi connectivity index (χ3v) is 8.89. The fourth-order valence-corrected chi connectivity index (χ4v) is 6.08. The van der Waals surface area contributed by atoms with Gasteiger partial charge in [0.15, 0.2) is 0 Å². The Labute approximate surface area is 238 Å². The molecule has 1 aromatic carbocycles. The Morgan fingerprint density at radius 2 is 1.98 bits per heavy atom. The average Bonchev–Trinajstić information content (AvgIpc) is 3.40. The van der Waals surface area contributed by atoms with Crippen LogP contribution in [-0.2, 0) is 16.6 Å². The zero-order valence-electron chi connectivity index (χ0n) is 22.3. The lowest BCUT2D eigenvalue weighted by molar-refractivity contribution is 0.148. The number of hydrogen-bond acceptors (Lipinski definition) is 9. The highest BCUT2D eigenvalue weighted by Crippen LogP contribution is 2.27. The zero-order valence-corrected chi connectivity index (χ0v) is 23.9. The van der Waals surface area contributed by atoms with Gasteiger partial charge in [0.2, 0.25) is 16.0 Å². The van der Waals surface area contributed by atoms with Crippen LogP contribution in [0.5, 0.6) is 0 Å². The molecule has 11 nitrogen and oxygen atoms in total. The average molecular weight is 588 g/mol. The van der Waals surface area contributed by atoms with E-state index in [0.717, 1.165) is 48.8 Å². The molecule has 212 valence electrons. The maximum Gasteiger partial charge on any atom is 0.223 e. The first kappa shape index (κ1) is 28.4. The van der Waals surface area contributed by atoms with E-state index in [4.69, 9.17) is 11.6 Å². The summed E-state index contributed by atoms with van der Waals surface area (Å²) in [6.45, 7) is 4.91. The Hall–Kier alpha value is -3.15. The summed E-state index contributed by atoms with van der Waals surface area (Å²) in [5.74, 6) is 0.147. The number of benzene rings is 1. The first-order chi connectivity index (χ1) is 19.1. The van der Waals surface area contributed by atoms with E-state index in [1.54, 1.807) is 17.1 Å². The lowest BCUT2D eigenvalue weighted by Gasteiger charge is -2.33. The third-order valence-electron chi connectivity index (χ3n) is 7.31. The molecule has 3 aromatic rings. The smallest absolute Gasteiger partial charge is 0.223 e. The molecular formula is C26H31ClFN9O2S. The van der Waals surface area contributed by atoms with Gasteiger partial charge in [-0.25, -0.2) is 27.5 Å². The molecule has 2 saturated heterocycles. The summed E-state index contributed by atoms with van der Waals surface area (Å²) in [6.07, 6.45) is 4.59. The van der Waals surface area contributed by atoms with Gasteiger partial charge in [-0.2, -0.15) is 14.7 Å². The van der Waals surface area contributed by atoms with Crippen molar-refractivity contribution < 1.29 is 12.8 Å². The summed E-state index contributed by atoms with van der Waals surface area (Å²) < 4.78 is 41.1. The Morgan fingerprint density at radius 3 is 2.65 bits per heavy atom. The van der Waals surface area contributed by atoms with E-state index in [2.05, 4.69) is 43.3 Å². The van der Waals surface area contributed by atoms with Crippen molar-refractivity contribution >= 4 is 27.6 Å². The Balaban J connectivity index is 1.31. The number of halogens is 2. The second-order valence-corrected chi connectivity index (χ2v) is 12.7. The maximum absolute atomic E-state index is 14.8. The molecule has 4 heterocycles. The highest BCUT2D eigenvalue weighted by molar-refractivity contribution is 7.88. The molecule has 40 heavy (non-hydrogen) atoms.